The number of amides is 1. The summed E-state index contributed by atoms with van der Waals surface area (Å²) in [6.07, 6.45) is 0. The second-order valence-corrected chi connectivity index (χ2v) is 6.60. The molecule has 0 aromatic heterocycles. The number of carbonyl (C=O) groups is 1. The number of fused-ring (bicyclic) bond motifs is 1. The number of aliphatic hydroxyl groups excluding tert-OH is 1. The molecule has 0 unspecified atom stereocenters. The molecule has 1 heterocycles. The zero-order valence-corrected chi connectivity index (χ0v) is 15.1. The molecule has 1 atom stereocenters. The number of nitrogens with zero attached hydrogens (tertiary/aromatic N) is 2. The van der Waals surface area contributed by atoms with Crippen molar-refractivity contribution in [2.75, 3.05) is 53.1 Å². The Morgan fingerprint density at radius 3 is 2.92 bits per heavy atom. The van der Waals surface area contributed by atoms with E-state index < -0.39 is 0 Å². The van der Waals surface area contributed by atoms with Gasteiger partial charge in [-0.3, -0.25) is 4.79 Å². The molecule has 1 fully saturated rings. The molecule has 6 nitrogen and oxygen atoms in total. The first kappa shape index (κ1) is 18.6. The number of ether oxygens (including phenoxy) is 2. The smallest absolute Gasteiger partial charge is 0.260 e. The summed E-state index contributed by atoms with van der Waals surface area (Å²) in [4.78, 5) is 16.5. The molecular formula is C20H26N2O4. The molecule has 0 bridgehead atoms. The summed E-state index contributed by atoms with van der Waals surface area (Å²) in [5.41, 5.74) is 0. The fraction of sp³-hybridized carbons (Fsp3) is 0.450. The first-order valence-corrected chi connectivity index (χ1v) is 8.95. The average Bonchev–Trinajstić information content (AvgIpc) is 2.66. The maximum atomic E-state index is 12.7. The molecule has 0 saturated carbocycles. The molecule has 6 heteroatoms. The van der Waals surface area contributed by atoms with Crippen molar-refractivity contribution in [2.45, 2.75) is 6.04 Å². The number of morpholine rings is 1. The number of hydrogen-bond acceptors (Lipinski definition) is 5. The molecule has 26 heavy (non-hydrogen) atoms. The third-order valence-electron chi connectivity index (χ3n) is 4.64. The fourth-order valence-corrected chi connectivity index (χ4v) is 3.24. The first-order valence-electron chi connectivity index (χ1n) is 8.95. The summed E-state index contributed by atoms with van der Waals surface area (Å²) in [7, 11) is 1.93. The Hall–Kier alpha value is -2.15. The van der Waals surface area contributed by atoms with Crippen molar-refractivity contribution in [2.24, 2.45) is 0 Å². The highest BCUT2D eigenvalue weighted by Crippen LogP contribution is 2.20. The minimum atomic E-state index is -0.0381. The molecule has 3 rings (SSSR count). The van der Waals surface area contributed by atoms with Crippen LogP contribution < -0.4 is 4.74 Å². The second-order valence-electron chi connectivity index (χ2n) is 6.60. The Labute approximate surface area is 153 Å². The average molecular weight is 358 g/mol. The molecule has 2 aromatic rings. The SMILES string of the molecule is CN(CCO)C[C@@H]1COCCN1C(=O)COc1ccc2ccccc2c1. The van der Waals surface area contributed by atoms with Crippen molar-refractivity contribution < 1.29 is 19.4 Å². The van der Waals surface area contributed by atoms with Gasteiger partial charge in [-0.05, 0) is 30.0 Å². The van der Waals surface area contributed by atoms with Crippen LogP contribution in [0.2, 0.25) is 0 Å². The van der Waals surface area contributed by atoms with Gasteiger partial charge in [0.05, 0.1) is 25.9 Å². The molecule has 0 spiro atoms. The van der Waals surface area contributed by atoms with E-state index in [0.29, 0.717) is 38.6 Å². The van der Waals surface area contributed by atoms with Gasteiger partial charge in [0.2, 0.25) is 0 Å². The van der Waals surface area contributed by atoms with E-state index in [0.717, 1.165) is 10.8 Å². The van der Waals surface area contributed by atoms with Crippen LogP contribution in [0, 0.1) is 0 Å². The van der Waals surface area contributed by atoms with Crippen LogP contribution in [0.5, 0.6) is 5.75 Å². The van der Waals surface area contributed by atoms with Crippen LogP contribution in [0.3, 0.4) is 0 Å². The highest BCUT2D eigenvalue weighted by atomic mass is 16.5. The molecule has 1 aliphatic heterocycles. The Morgan fingerprint density at radius 1 is 1.31 bits per heavy atom. The van der Waals surface area contributed by atoms with Gasteiger partial charge in [-0.2, -0.15) is 0 Å². The van der Waals surface area contributed by atoms with Crippen molar-refractivity contribution in [3.8, 4) is 5.75 Å². The quantitative estimate of drug-likeness (QED) is 0.810. The Morgan fingerprint density at radius 2 is 2.12 bits per heavy atom. The maximum absolute atomic E-state index is 12.7. The lowest BCUT2D eigenvalue weighted by molar-refractivity contribution is -0.142. The van der Waals surface area contributed by atoms with Crippen molar-refractivity contribution in [1.29, 1.82) is 0 Å². The molecule has 0 aliphatic carbocycles. The van der Waals surface area contributed by atoms with E-state index in [4.69, 9.17) is 14.6 Å². The molecular weight excluding hydrogens is 332 g/mol. The summed E-state index contributed by atoms with van der Waals surface area (Å²) in [5, 5.41) is 11.3. The molecule has 140 valence electrons. The van der Waals surface area contributed by atoms with Crippen LogP contribution >= 0.6 is 0 Å². The lowest BCUT2D eigenvalue weighted by atomic mass is 10.1. The summed E-state index contributed by atoms with van der Waals surface area (Å²) < 4.78 is 11.3. The number of carbonyl (C=O) groups excluding carboxylic acids is 1. The number of hydrogen-bond donors (Lipinski definition) is 1. The molecule has 1 amide bonds. The third-order valence-corrected chi connectivity index (χ3v) is 4.64. The van der Waals surface area contributed by atoms with Gasteiger partial charge in [-0.15, -0.1) is 0 Å². The zero-order valence-electron chi connectivity index (χ0n) is 15.1. The van der Waals surface area contributed by atoms with E-state index in [9.17, 15) is 4.79 Å². The van der Waals surface area contributed by atoms with Crippen LogP contribution in [0.1, 0.15) is 0 Å². The van der Waals surface area contributed by atoms with Gasteiger partial charge >= 0.3 is 0 Å². The van der Waals surface area contributed by atoms with Crippen molar-refractivity contribution in [3.63, 3.8) is 0 Å². The monoisotopic (exact) mass is 358 g/mol. The van der Waals surface area contributed by atoms with Gasteiger partial charge < -0.3 is 24.4 Å². The highest BCUT2D eigenvalue weighted by molar-refractivity contribution is 5.84. The van der Waals surface area contributed by atoms with Crippen LogP contribution in [0.25, 0.3) is 10.8 Å². The van der Waals surface area contributed by atoms with E-state index in [1.165, 1.54) is 0 Å². The van der Waals surface area contributed by atoms with Gasteiger partial charge in [0, 0.05) is 19.6 Å². The summed E-state index contributed by atoms with van der Waals surface area (Å²) >= 11 is 0. The number of aliphatic hydroxyl groups is 1. The zero-order chi connectivity index (χ0) is 18.4. The molecule has 1 saturated heterocycles. The van der Waals surface area contributed by atoms with Gasteiger partial charge in [0.15, 0.2) is 6.61 Å². The van der Waals surface area contributed by atoms with Crippen LogP contribution in [-0.2, 0) is 9.53 Å². The standard InChI is InChI=1S/C20H26N2O4/c1-21(8-10-23)13-18-14-25-11-9-22(18)20(24)15-26-19-7-6-16-4-2-3-5-17(16)12-19/h2-7,12,18,23H,8-11,13-15H2,1H3/t18-/m1/s1. The topological polar surface area (TPSA) is 62.2 Å². The van der Waals surface area contributed by atoms with E-state index in [1.807, 2.05) is 59.3 Å². The van der Waals surface area contributed by atoms with E-state index in [1.54, 1.807) is 0 Å². The number of likely N-dealkylation sites (N-methyl/N-ethyl adjacent to an activating group) is 1. The van der Waals surface area contributed by atoms with E-state index >= 15 is 0 Å². The predicted molar refractivity (Wildman–Crippen MR) is 100 cm³/mol. The molecule has 2 aromatic carbocycles. The van der Waals surface area contributed by atoms with Gasteiger partial charge in [-0.25, -0.2) is 0 Å². The third kappa shape index (κ3) is 4.72. The number of benzene rings is 2. The normalized spacial score (nSPS) is 17.7. The molecule has 0 radical (unpaired) electrons. The molecule has 1 N–H and O–H groups in total. The predicted octanol–water partition coefficient (Wildman–Crippen LogP) is 1.37. The lowest BCUT2D eigenvalue weighted by Gasteiger charge is -2.37. The minimum Gasteiger partial charge on any atom is -0.484 e. The Kier molecular flexibility index (Phi) is 6.44. The Bertz CT molecular complexity index is 737. The van der Waals surface area contributed by atoms with Gasteiger partial charge in [0.25, 0.3) is 5.91 Å². The number of rotatable bonds is 7. The van der Waals surface area contributed by atoms with Crippen molar-refractivity contribution >= 4 is 16.7 Å². The van der Waals surface area contributed by atoms with Crippen LogP contribution in [0.4, 0.5) is 0 Å². The van der Waals surface area contributed by atoms with Gasteiger partial charge in [-0.1, -0.05) is 30.3 Å². The second kappa shape index (κ2) is 8.98. The van der Waals surface area contributed by atoms with E-state index in [-0.39, 0.29) is 25.2 Å². The summed E-state index contributed by atoms with van der Waals surface area (Å²) in [6.45, 7) is 2.98. The van der Waals surface area contributed by atoms with Gasteiger partial charge in [0.1, 0.15) is 5.75 Å². The summed E-state index contributed by atoms with van der Waals surface area (Å²) in [6, 6.07) is 13.9. The Balaban J connectivity index is 1.59. The fourth-order valence-electron chi connectivity index (χ4n) is 3.24. The largest absolute Gasteiger partial charge is 0.484 e. The maximum Gasteiger partial charge on any atom is 0.260 e. The minimum absolute atomic E-state index is 0.0125. The van der Waals surface area contributed by atoms with E-state index in [2.05, 4.69) is 0 Å². The lowest BCUT2D eigenvalue weighted by Crippen LogP contribution is -2.54. The molecule has 1 aliphatic rings. The van der Waals surface area contributed by atoms with Crippen LogP contribution in [0.15, 0.2) is 42.5 Å². The van der Waals surface area contributed by atoms with Crippen molar-refractivity contribution in [1.82, 2.24) is 9.80 Å². The highest BCUT2D eigenvalue weighted by Gasteiger charge is 2.28. The van der Waals surface area contributed by atoms with Crippen LogP contribution in [-0.4, -0.2) is 80.0 Å². The first-order chi connectivity index (χ1) is 12.7. The summed E-state index contributed by atoms with van der Waals surface area (Å²) in [5.74, 6) is 0.656. The van der Waals surface area contributed by atoms with Crippen molar-refractivity contribution in [3.05, 3.63) is 42.5 Å².